The zero-order valence-corrected chi connectivity index (χ0v) is 22.0. The molecule has 8 nitrogen and oxygen atoms in total. The first-order chi connectivity index (χ1) is 18.7. The third-order valence-electron chi connectivity index (χ3n) is 6.17. The lowest BCUT2D eigenvalue weighted by Crippen LogP contribution is -2.38. The van der Waals surface area contributed by atoms with E-state index >= 15 is 0 Å². The third kappa shape index (κ3) is 7.01. The maximum absolute atomic E-state index is 14.0. The number of carbonyl (C=O) groups is 2. The molecule has 0 saturated carbocycles. The number of halogens is 2. The fourth-order valence-electron chi connectivity index (χ4n) is 4.02. The minimum Gasteiger partial charge on any atom is -0.480 e. The average molecular weight is 552 g/mol. The second kappa shape index (κ2) is 12.6. The monoisotopic (exact) mass is 551 g/mol. The molecule has 10 heteroatoms. The van der Waals surface area contributed by atoms with E-state index in [4.69, 9.17) is 20.9 Å². The summed E-state index contributed by atoms with van der Waals surface area (Å²) in [5.74, 6) is -1.17. The summed E-state index contributed by atoms with van der Waals surface area (Å²) >= 11 is 6.20. The summed E-state index contributed by atoms with van der Waals surface area (Å²) in [4.78, 5) is 24.3. The molecule has 4 aromatic rings. The maximum atomic E-state index is 14.0. The van der Waals surface area contributed by atoms with Gasteiger partial charge in [-0.25, -0.2) is 9.18 Å². The number of carboxylic acids is 1. The predicted octanol–water partition coefficient (Wildman–Crippen LogP) is 6.54. The number of aliphatic carboxylic acids is 1. The molecule has 0 radical (unpaired) electrons. The lowest BCUT2D eigenvalue weighted by molar-refractivity contribution is -0.139. The first-order valence-electron chi connectivity index (χ1n) is 12.2. The van der Waals surface area contributed by atoms with Crippen molar-refractivity contribution in [3.8, 4) is 11.3 Å². The molecule has 3 aromatic carbocycles. The van der Waals surface area contributed by atoms with Gasteiger partial charge in [-0.1, -0.05) is 77.4 Å². The van der Waals surface area contributed by atoms with Crippen molar-refractivity contribution in [2.75, 3.05) is 5.32 Å². The van der Waals surface area contributed by atoms with Gasteiger partial charge in [-0.05, 0) is 37.1 Å². The Morgan fingerprint density at radius 1 is 1.08 bits per heavy atom. The highest BCUT2D eigenvalue weighted by molar-refractivity contribution is 6.31. The van der Waals surface area contributed by atoms with Crippen LogP contribution in [0.5, 0.6) is 0 Å². The fraction of sp³-hybridized carbons (Fsp3) is 0.207. The van der Waals surface area contributed by atoms with E-state index in [1.165, 1.54) is 6.07 Å². The third-order valence-corrected chi connectivity index (χ3v) is 6.51. The van der Waals surface area contributed by atoms with Crippen LogP contribution in [0.15, 0.2) is 77.3 Å². The highest BCUT2D eigenvalue weighted by Crippen LogP contribution is 2.32. The summed E-state index contributed by atoms with van der Waals surface area (Å²) in [6.45, 7) is 3.67. The Balaban J connectivity index is 1.40. The summed E-state index contributed by atoms with van der Waals surface area (Å²) in [5, 5.41) is 19.7. The van der Waals surface area contributed by atoms with Gasteiger partial charge >= 0.3 is 12.1 Å². The molecule has 2 atom stereocenters. The van der Waals surface area contributed by atoms with Gasteiger partial charge < -0.3 is 19.7 Å². The number of rotatable bonds is 10. The Morgan fingerprint density at radius 3 is 2.46 bits per heavy atom. The van der Waals surface area contributed by atoms with Crippen molar-refractivity contribution < 1.29 is 28.3 Å². The van der Waals surface area contributed by atoms with E-state index in [1.807, 2.05) is 6.07 Å². The Hall–Kier alpha value is -4.21. The molecule has 3 N–H and O–H groups in total. The molecule has 0 saturated heterocycles. The number of hydrogen-bond donors (Lipinski definition) is 3. The number of nitrogens with one attached hydrogen (secondary N) is 2. The number of aryl methyl sites for hydroxylation is 1. The summed E-state index contributed by atoms with van der Waals surface area (Å²) in [6.07, 6.45) is -1.26. The minimum absolute atomic E-state index is 0.0116. The predicted molar refractivity (Wildman–Crippen MR) is 145 cm³/mol. The van der Waals surface area contributed by atoms with E-state index in [0.29, 0.717) is 38.9 Å². The molecule has 0 aliphatic heterocycles. The molecule has 1 aromatic heterocycles. The molecule has 4 rings (SSSR count). The standard InChI is InChI=1S/C29H27ClFN3O5/c1-17-26(33-29(37)38-18(2)22-8-4-5-9-23(22)30)27(39-34-17)20-13-11-19(12-14-20)16-32-25(28(35)36)15-21-7-3-6-10-24(21)31/h3-14,18,25,32H,15-16H2,1-2H3,(H,33,37)(H,35,36)/t18?,25-/m1/s1. The van der Waals surface area contributed by atoms with E-state index in [-0.39, 0.29) is 13.0 Å². The van der Waals surface area contributed by atoms with Gasteiger partial charge in [0.05, 0.1) is 0 Å². The fourth-order valence-corrected chi connectivity index (χ4v) is 4.31. The highest BCUT2D eigenvalue weighted by atomic mass is 35.5. The van der Waals surface area contributed by atoms with Gasteiger partial charge in [0.2, 0.25) is 0 Å². The van der Waals surface area contributed by atoms with Crippen LogP contribution in [0.3, 0.4) is 0 Å². The van der Waals surface area contributed by atoms with Gasteiger partial charge in [0.1, 0.15) is 29.3 Å². The summed E-state index contributed by atoms with van der Waals surface area (Å²) in [7, 11) is 0. The summed E-state index contributed by atoms with van der Waals surface area (Å²) < 4.78 is 24.9. The Bertz CT molecular complexity index is 1460. The smallest absolute Gasteiger partial charge is 0.412 e. The van der Waals surface area contributed by atoms with Crippen molar-refractivity contribution in [1.82, 2.24) is 10.5 Å². The molecule has 0 spiro atoms. The first-order valence-corrected chi connectivity index (χ1v) is 12.6. The number of amides is 1. The number of ether oxygens (including phenoxy) is 1. The van der Waals surface area contributed by atoms with Crippen molar-refractivity contribution >= 4 is 29.4 Å². The number of carbonyl (C=O) groups excluding carboxylic acids is 1. The van der Waals surface area contributed by atoms with Gasteiger partial charge in [0, 0.05) is 29.1 Å². The van der Waals surface area contributed by atoms with Crippen LogP contribution < -0.4 is 10.6 Å². The molecule has 1 amide bonds. The molecule has 0 aliphatic carbocycles. The van der Waals surface area contributed by atoms with Crippen LogP contribution in [0.2, 0.25) is 5.02 Å². The molecule has 202 valence electrons. The van der Waals surface area contributed by atoms with Crippen molar-refractivity contribution in [2.24, 2.45) is 0 Å². The number of anilines is 1. The van der Waals surface area contributed by atoms with Crippen LogP contribution in [0.25, 0.3) is 11.3 Å². The van der Waals surface area contributed by atoms with Crippen molar-refractivity contribution in [1.29, 1.82) is 0 Å². The van der Waals surface area contributed by atoms with Gasteiger partial charge in [0.15, 0.2) is 5.76 Å². The minimum atomic E-state index is -1.07. The number of aromatic nitrogens is 1. The Kier molecular flexibility index (Phi) is 8.96. The second-order valence-corrected chi connectivity index (χ2v) is 9.34. The van der Waals surface area contributed by atoms with Crippen molar-refractivity contribution in [3.05, 3.63) is 106 Å². The maximum Gasteiger partial charge on any atom is 0.412 e. The average Bonchev–Trinajstić information content (AvgIpc) is 3.27. The van der Waals surface area contributed by atoms with Crippen LogP contribution in [0.4, 0.5) is 14.9 Å². The van der Waals surface area contributed by atoms with E-state index in [9.17, 15) is 19.1 Å². The molecular weight excluding hydrogens is 525 g/mol. The molecule has 0 fully saturated rings. The van der Waals surface area contributed by atoms with Gasteiger partial charge in [-0.15, -0.1) is 0 Å². The number of benzene rings is 3. The van der Waals surface area contributed by atoms with Crippen LogP contribution in [-0.2, 0) is 22.5 Å². The van der Waals surface area contributed by atoms with Crippen LogP contribution >= 0.6 is 11.6 Å². The Morgan fingerprint density at radius 2 is 1.77 bits per heavy atom. The summed E-state index contributed by atoms with van der Waals surface area (Å²) in [6, 6.07) is 19.4. The molecule has 0 aliphatic rings. The highest BCUT2D eigenvalue weighted by Gasteiger charge is 2.22. The largest absolute Gasteiger partial charge is 0.480 e. The topological polar surface area (TPSA) is 114 Å². The van der Waals surface area contributed by atoms with Crippen molar-refractivity contribution in [3.63, 3.8) is 0 Å². The van der Waals surface area contributed by atoms with Gasteiger partial charge in [-0.3, -0.25) is 10.1 Å². The van der Waals surface area contributed by atoms with E-state index in [0.717, 1.165) is 5.56 Å². The normalized spacial score (nSPS) is 12.5. The lowest BCUT2D eigenvalue weighted by atomic mass is 10.0. The lowest BCUT2D eigenvalue weighted by Gasteiger charge is -2.16. The van der Waals surface area contributed by atoms with Gasteiger partial charge in [0.25, 0.3) is 0 Å². The van der Waals surface area contributed by atoms with Crippen molar-refractivity contribution in [2.45, 2.75) is 39.0 Å². The van der Waals surface area contributed by atoms with Crippen LogP contribution in [0, 0.1) is 12.7 Å². The second-order valence-electron chi connectivity index (χ2n) is 8.93. The molecule has 1 heterocycles. The van der Waals surface area contributed by atoms with Crippen LogP contribution in [-0.4, -0.2) is 28.4 Å². The number of nitrogens with zero attached hydrogens (tertiary/aromatic N) is 1. The first kappa shape index (κ1) is 27.8. The van der Waals surface area contributed by atoms with Crippen LogP contribution in [0.1, 0.15) is 35.4 Å². The molecule has 0 bridgehead atoms. The zero-order chi connectivity index (χ0) is 27.9. The SMILES string of the molecule is Cc1noc(-c2ccc(CN[C@H](Cc3ccccc3F)C(=O)O)cc2)c1NC(=O)OC(C)c1ccccc1Cl. The molecule has 1 unspecified atom stereocenters. The molecular formula is C29H27ClFN3O5. The number of carboxylic acid groups (broad SMARTS) is 1. The van der Waals surface area contributed by atoms with E-state index in [1.54, 1.807) is 74.5 Å². The summed E-state index contributed by atoms with van der Waals surface area (Å²) in [5.41, 5.74) is 3.30. The number of hydrogen-bond acceptors (Lipinski definition) is 6. The Labute approximate surface area is 229 Å². The molecule has 39 heavy (non-hydrogen) atoms. The van der Waals surface area contributed by atoms with E-state index < -0.39 is 30.0 Å². The zero-order valence-electron chi connectivity index (χ0n) is 21.3. The quantitative estimate of drug-likeness (QED) is 0.205. The van der Waals surface area contributed by atoms with Gasteiger partial charge in [-0.2, -0.15) is 0 Å². The van der Waals surface area contributed by atoms with E-state index in [2.05, 4.69) is 15.8 Å².